The van der Waals surface area contributed by atoms with Crippen LogP contribution in [-0.2, 0) is 21.2 Å². The van der Waals surface area contributed by atoms with E-state index in [-0.39, 0.29) is 33.5 Å². The molecular weight excluding hydrogens is 532 g/mol. The first kappa shape index (κ1) is 26.2. The number of likely N-dealkylation sites (N-methyl/N-ethyl adjacent to an activating group) is 1. The number of rotatable bonds is 7. The quantitative estimate of drug-likeness (QED) is 0.460. The maximum absolute atomic E-state index is 13.4. The molecule has 3 aromatic rings. The van der Waals surface area contributed by atoms with Gasteiger partial charge in [0, 0.05) is 25.2 Å². The van der Waals surface area contributed by atoms with Crippen molar-refractivity contribution in [1.29, 1.82) is 0 Å². The Bertz CT molecular complexity index is 1440. The largest absolute Gasteiger partial charge is 0.586 e. The third kappa shape index (κ3) is 6.09. The second kappa shape index (κ2) is 10.2. The number of amides is 3. The van der Waals surface area contributed by atoms with E-state index >= 15 is 0 Å². The molecular formula is C24H20ClF2N3O6S. The lowest BCUT2D eigenvalue weighted by Crippen LogP contribution is -2.52. The van der Waals surface area contributed by atoms with Gasteiger partial charge in [-0.25, -0.2) is 17.9 Å². The van der Waals surface area contributed by atoms with Gasteiger partial charge in [-0.05, 0) is 29.8 Å². The summed E-state index contributed by atoms with van der Waals surface area (Å²) in [6, 6.07) is 15.6. The Hall–Kier alpha value is -3.90. The molecule has 3 amide bonds. The summed E-state index contributed by atoms with van der Waals surface area (Å²) in [7, 11) is -2.97. The lowest BCUT2D eigenvalue weighted by molar-refractivity contribution is -0.286. The minimum atomic E-state index is -4.35. The molecule has 0 fully saturated rings. The molecule has 3 aromatic carbocycles. The summed E-state index contributed by atoms with van der Waals surface area (Å²) in [5.74, 6) is -1.12. The lowest BCUT2D eigenvalue weighted by atomic mass is 10.0. The van der Waals surface area contributed by atoms with Crippen LogP contribution in [0.15, 0.2) is 77.7 Å². The number of hydrogen-bond donors (Lipinski definition) is 2. The standard InChI is InChI=1S/C24H20ClF2N3O6S/c1-30(16-11-12-19-20(14-16)36-24(26,27)35-19)22(31)18(13-15-7-3-2-4-8-15)28-23(32)29-37(33,34)21-10-6-5-9-17(21)25/h2-12,14,18H,13H2,1H3,(H2,28,29,32)/t18-/m0/s1. The summed E-state index contributed by atoms with van der Waals surface area (Å²) >= 11 is 5.95. The second-order valence-corrected chi connectivity index (χ2v) is 10.0. The van der Waals surface area contributed by atoms with Crippen molar-refractivity contribution >= 4 is 39.2 Å². The van der Waals surface area contributed by atoms with Crippen molar-refractivity contribution < 1.29 is 36.3 Å². The van der Waals surface area contributed by atoms with Crippen LogP contribution in [0.1, 0.15) is 5.56 Å². The molecule has 0 aliphatic carbocycles. The monoisotopic (exact) mass is 551 g/mol. The van der Waals surface area contributed by atoms with E-state index in [1.54, 1.807) is 30.3 Å². The summed E-state index contributed by atoms with van der Waals surface area (Å²) in [6.07, 6.45) is -3.82. The smallest absolute Gasteiger partial charge is 0.395 e. The van der Waals surface area contributed by atoms with E-state index in [0.717, 1.165) is 4.90 Å². The van der Waals surface area contributed by atoms with Crippen LogP contribution in [0.5, 0.6) is 11.5 Å². The topological polar surface area (TPSA) is 114 Å². The van der Waals surface area contributed by atoms with Gasteiger partial charge in [-0.1, -0.05) is 54.1 Å². The zero-order valence-electron chi connectivity index (χ0n) is 19.2. The Morgan fingerprint density at radius 2 is 1.65 bits per heavy atom. The van der Waals surface area contributed by atoms with Gasteiger partial charge in [0.25, 0.3) is 10.0 Å². The lowest BCUT2D eigenvalue weighted by Gasteiger charge is -2.25. The number of benzene rings is 3. The number of carbonyl (C=O) groups excluding carboxylic acids is 2. The average Bonchev–Trinajstić information content (AvgIpc) is 3.16. The van der Waals surface area contributed by atoms with Crippen LogP contribution in [0.4, 0.5) is 19.3 Å². The number of hydrogen-bond acceptors (Lipinski definition) is 6. The van der Waals surface area contributed by atoms with Crippen molar-refractivity contribution in [2.24, 2.45) is 0 Å². The third-order valence-electron chi connectivity index (χ3n) is 5.34. The van der Waals surface area contributed by atoms with E-state index in [4.69, 9.17) is 11.6 Å². The summed E-state index contributed by atoms with van der Waals surface area (Å²) in [4.78, 5) is 26.9. The van der Waals surface area contributed by atoms with Crippen LogP contribution < -0.4 is 24.4 Å². The van der Waals surface area contributed by atoms with Crippen molar-refractivity contribution in [3.63, 3.8) is 0 Å². The molecule has 0 spiro atoms. The molecule has 1 aliphatic rings. The number of nitrogens with one attached hydrogen (secondary N) is 2. The molecule has 0 radical (unpaired) electrons. The first-order valence-electron chi connectivity index (χ1n) is 10.7. The van der Waals surface area contributed by atoms with E-state index in [0.29, 0.717) is 5.56 Å². The van der Waals surface area contributed by atoms with Gasteiger partial charge in [0.05, 0.1) is 5.02 Å². The van der Waals surface area contributed by atoms with Crippen molar-refractivity contribution in [3.8, 4) is 11.5 Å². The SMILES string of the molecule is CN(C(=O)[C@H](Cc1ccccc1)NC(=O)NS(=O)(=O)c1ccccc1Cl)c1ccc2c(c1)OC(F)(F)O2. The molecule has 1 atom stereocenters. The summed E-state index contributed by atoms with van der Waals surface area (Å²) < 4.78 is 62.7. The van der Waals surface area contributed by atoms with Gasteiger partial charge in [0.15, 0.2) is 11.5 Å². The average molecular weight is 552 g/mol. The summed E-state index contributed by atoms with van der Waals surface area (Å²) in [5.41, 5.74) is 0.850. The molecule has 0 aromatic heterocycles. The minimum absolute atomic E-state index is 0.00615. The fourth-order valence-electron chi connectivity index (χ4n) is 3.58. The fraction of sp³-hybridized carbons (Fsp3) is 0.167. The van der Waals surface area contributed by atoms with E-state index in [2.05, 4.69) is 14.8 Å². The van der Waals surface area contributed by atoms with Gasteiger partial charge in [-0.2, -0.15) is 0 Å². The molecule has 194 valence electrons. The fourth-order valence-corrected chi connectivity index (χ4v) is 5.02. The first-order chi connectivity index (χ1) is 17.4. The highest BCUT2D eigenvalue weighted by atomic mass is 35.5. The number of alkyl halides is 2. The van der Waals surface area contributed by atoms with E-state index < -0.39 is 34.3 Å². The maximum atomic E-state index is 13.4. The molecule has 4 rings (SSSR count). The molecule has 13 heteroatoms. The van der Waals surface area contributed by atoms with Crippen LogP contribution in [0.2, 0.25) is 5.02 Å². The molecule has 1 heterocycles. The number of sulfonamides is 1. The maximum Gasteiger partial charge on any atom is 0.586 e. The Labute approximate surface area is 216 Å². The summed E-state index contributed by atoms with van der Waals surface area (Å²) in [6.45, 7) is 0. The van der Waals surface area contributed by atoms with Crippen molar-refractivity contribution in [2.75, 3.05) is 11.9 Å². The summed E-state index contributed by atoms with van der Waals surface area (Å²) in [5, 5.41) is 2.30. The predicted molar refractivity (Wildman–Crippen MR) is 130 cm³/mol. The van der Waals surface area contributed by atoms with Gasteiger partial charge in [0.1, 0.15) is 10.9 Å². The van der Waals surface area contributed by atoms with E-state index in [9.17, 15) is 26.8 Å². The number of nitrogens with zero attached hydrogens (tertiary/aromatic N) is 1. The van der Waals surface area contributed by atoms with E-state index in [1.165, 1.54) is 49.5 Å². The van der Waals surface area contributed by atoms with Crippen molar-refractivity contribution in [3.05, 3.63) is 83.4 Å². The van der Waals surface area contributed by atoms with Crippen molar-refractivity contribution in [2.45, 2.75) is 23.7 Å². The molecule has 0 bridgehead atoms. The number of anilines is 1. The van der Waals surface area contributed by atoms with Crippen LogP contribution in [0, 0.1) is 0 Å². The van der Waals surface area contributed by atoms with Crippen LogP contribution in [0.25, 0.3) is 0 Å². The first-order valence-corrected chi connectivity index (χ1v) is 12.6. The zero-order valence-corrected chi connectivity index (χ0v) is 20.7. The molecule has 2 N–H and O–H groups in total. The molecule has 0 unspecified atom stereocenters. The van der Waals surface area contributed by atoms with Gasteiger partial charge < -0.3 is 19.7 Å². The van der Waals surface area contributed by atoms with Gasteiger partial charge in [-0.3, -0.25) is 4.79 Å². The molecule has 0 saturated carbocycles. The van der Waals surface area contributed by atoms with Gasteiger partial charge >= 0.3 is 12.3 Å². The highest BCUT2D eigenvalue weighted by Gasteiger charge is 2.43. The number of urea groups is 1. The van der Waals surface area contributed by atoms with E-state index in [1.807, 2.05) is 4.72 Å². The van der Waals surface area contributed by atoms with Gasteiger partial charge in [0.2, 0.25) is 5.91 Å². The number of carbonyl (C=O) groups is 2. The van der Waals surface area contributed by atoms with Crippen LogP contribution in [-0.4, -0.2) is 39.7 Å². The van der Waals surface area contributed by atoms with Crippen LogP contribution in [0.3, 0.4) is 0 Å². The predicted octanol–water partition coefficient (Wildman–Crippen LogP) is 3.92. The minimum Gasteiger partial charge on any atom is -0.395 e. The van der Waals surface area contributed by atoms with Gasteiger partial charge in [-0.15, -0.1) is 8.78 Å². The Balaban J connectivity index is 1.55. The number of halogens is 3. The number of fused-ring (bicyclic) bond motifs is 1. The normalized spacial score (nSPS) is 14.5. The molecule has 1 aliphatic heterocycles. The Morgan fingerprint density at radius 1 is 1.00 bits per heavy atom. The van der Waals surface area contributed by atoms with Crippen molar-refractivity contribution in [1.82, 2.24) is 10.0 Å². The highest BCUT2D eigenvalue weighted by molar-refractivity contribution is 7.90. The zero-order chi connectivity index (χ0) is 26.8. The second-order valence-electron chi connectivity index (χ2n) is 7.95. The Kier molecular flexibility index (Phi) is 7.23. The molecule has 0 saturated heterocycles. The van der Waals surface area contributed by atoms with Crippen LogP contribution >= 0.6 is 11.6 Å². The molecule has 37 heavy (non-hydrogen) atoms. The highest BCUT2D eigenvalue weighted by Crippen LogP contribution is 2.42. The third-order valence-corrected chi connectivity index (χ3v) is 7.17. The number of ether oxygens (including phenoxy) is 2. The Morgan fingerprint density at radius 3 is 2.35 bits per heavy atom. The molecule has 9 nitrogen and oxygen atoms in total.